The summed E-state index contributed by atoms with van der Waals surface area (Å²) in [6.07, 6.45) is 3.21. The van der Waals surface area contributed by atoms with Gasteiger partial charge in [0.15, 0.2) is 0 Å². The van der Waals surface area contributed by atoms with Crippen molar-refractivity contribution >= 4 is 44.8 Å². The Morgan fingerprint density at radius 3 is 2.65 bits per heavy atom. The number of piperidine rings is 1. The van der Waals surface area contributed by atoms with Crippen molar-refractivity contribution in [2.24, 2.45) is 5.41 Å². The van der Waals surface area contributed by atoms with Crippen molar-refractivity contribution in [2.45, 2.75) is 39.2 Å². The lowest BCUT2D eigenvalue weighted by atomic mass is 9.75. The third-order valence-electron chi connectivity index (χ3n) is 4.07. The number of thiophene rings is 1. The van der Waals surface area contributed by atoms with Gasteiger partial charge in [-0.2, -0.15) is 0 Å². The number of carbonyl (C=O) groups is 1. The summed E-state index contributed by atoms with van der Waals surface area (Å²) in [5.74, 6) is -0.624. The minimum absolute atomic E-state index is 0.501. The van der Waals surface area contributed by atoms with Gasteiger partial charge in [0.2, 0.25) is 0 Å². The first kappa shape index (κ1) is 16.3. The maximum atomic E-state index is 11.5. The third-order valence-corrected chi connectivity index (χ3v) is 6.53. The highest BCUT2D eigenvalue weighted by atomic mass is 79.9. The molecule has 0 saturated carbocycles. The fourth-order valence-corrected chi connectivity index (χ4v) is 4.71. The van der Waals surface area contributed by atoms with E-state index in [1.54, 1.807) is 11.3 Å². The van der Waals surface area contributed by atoms with Crippen LogP contribution in [0.25, 0.3) is 0 Å². The van der Waals surface area contributed by atoms with E-state index in [-0.39, 0.29) is 0 Å². The van der Waals surface area contributed by atoms with E-state index < -0.39 is 11.4 Å². The Bertz CT molecular complexity index is 464. The molecule has 0 unspecified atom stereocenters. The largest absolute Gasteiger partial charge is 0.481 e. The van der Waals surface area contributed by atoms with Gasteiger partial charge >= 0.3 is 5.97 Å². The van der Waals surface area contributed by atoms with Gasteiger partial charge in [-0.05, 0) is 54.3 Å². The van der Waals surface area contributed by atoms with Gasteiger partial charge in [0.05, 0.1) is 5.41 Å². The van der Waals surface area contributed by atoms with Crippen molar-refractivity contribution in [2.75, 3.05) is 13.1 Å². The zero-order valence-electron chi connectivity index (χ0n) is 11.5. The molecule has 1 fully saturated rings. The zero-order chi connectivity index (χ0) is 14.8. The van der Waals surface area contributed by atoms with Crippen molar-refractivity contribution in [1.29, 1.82) is 0 Å². The summed E-state index contributed by atoms with van der Waals surface area (Å²) < 4.78 is 1.73. The summed E-state index contributed by atoms with van der Waals surface area (Å²) in [6.45, 7) is 4.61. The van der Waals surface area contributed by atoms with Crippen LogP contribution in [-0.2, 0) is 11.3 Å². The van der Waals surface area contributed by atoms with E-state index >= 15 is 0 Å². The zero-order valence-corrected chi connectivity index (χ0v) is 14.7. The quantitative estimate of drug-likeness (QED) is 0.809. The number of likely N-dealkylation sites (tertiary alicyclic amines) is 1. The molecule has 0 amide bonds. The van der Waals surface area contributed by atoms with E-state index in [1.807, 2.05) is 0 Å². The lowest BCUT2D eigenvalue weighted by molar-refractivity contribution is -0.152. The van der Waals surface area contributed by atoms with Gasteiger partial charge in [0, 0.05) is 15.9 Å². The summed E-state index contributed by atoms with van der Waals surface area (Å²) in [5.41, 5.74) is -0.501. The van der Waals surface area contributed by atoms with Gasteiger partial charge in [-0.25, -0.2) is 0 Å². The molecule has 0 aromatic carbocycles. The Kier molecular flexibility index (Phi) is 5.51. The summed E-state index contributed by atoms with van der Waals surface area (Å²) in [4.78, 5) is 15.1. The van der Waals surface area contributed by atoms with Crippen LogP contribution in [0.15, 0.2) is 10.5 Å². The molecular formula is C14H19BrClNO2S. The molecule has 1 saturated heterocycles. The molecule has 3 nitrogen and oxygen atoms in total. The van der Waals surface area contributed by atoms with E-state index in [1.165, 1.54) is 4.88 Å². The Morgan fingerprint density at radius 2 is 2.20 bits per heavy atom. The topological polar surface area (TPSA) is 40.5 Å². The number of carboxylic acid groups (broad SMARTS) is 1. The van der Waals surface area contributed by atoms with Crippen molar-refractivity contribution in [3.8, 4) is 0 Å². The smallest absolute Gasteiger partial charge is 0.309 e. The van der Waals surface area contributed by atoms with Crippen LogP contribution in [0.2, 0.25) is 4.34 Å². The van der Waals surface area contributed by atoms with Crippen LogP contribution in [0.4, 0.5) is 0 Å². The van der Waals surface area contributed by atoms with E-state index in [2.05, 4.69) is 33.8 Å². The average molecular weight is 381 g/mol. The number of hydrogen-bond donors (Lipinski definition) is 1. The Labute approximate surface area is 137 Å². The molecule has 1 aliphatic rings. The number of nitrogens with zero attached hydrogens (tertiary/aromatic N) is 1. The minimum Gasteiger partial charge on any atom is -0.481 e. The van der Waals surface area contributed by atoms with Crippen LogP contribution in [0, 0.1) is 5.41 Å². The molecule has 1 N–H and O–H groups in total. The Hall–Kier alpha value is -0.100. The molecule has 0 bridgehead atoms. The molecule has 2 heterocycles. The molecule has 20 heavy (non-hydrogen) atoms. The lowest BCUT2D eigenvalue weighted by Gasteiger charge is -2.38. The van der Waals surface area contributed by atoms with Gasteiger partial charge in [-0.3, -0.25) is 9.69 Å². The van der Waals surface area contributed by atoms with Gasteiger partial charge in [-0.1, -0.05) is 24.9 Å². The number of rotatable bonds is 5. The van der Waals surface area contributed by atoms with Crippen LogP contribution in [0.5, 0.6) is 0 Å². The standard InChI is InChI=1S/C14H19BrClNO2S/c1-2-3-14(13(18)19)4-6-17(7-5-14)9-10-8-11(15)12(16)20-10/h8H,2-7,9H2,1H3,(H,18,19). The van der Waals surface area contributed by atoms with Gasteiger partial charge < -0.3 is 5.11 Å². The van der Waals surface area contributed by atoms with Crippen LogP contribution in [0.1, 0.15) is 37.5 Å². The maximum Gasteiger partial charge on any atom is 0.309 e. The normalized spacial score (nSPS) is 19.1. The number of carboxylic acids is 1. The monoisotopic (exact) mass is 379 g/mol. The number of aliphatic carboxylic acids is 1. The van der Waals surface area contributed by atoms with Crippen LogP contribution >= 0.6 is 38.9 Å². The second-order valence-electron chi connectivity index (χ2n) is 5.45. The first-order valence-corrected chi connectivity index (χ1v) is 8.85. The highest BCUT2D eigenvalue weighted by molar-refractivity contribution is 9.10. The molecule has 0 aliphatic carbocycles. The first-order valence-electron chi connectivity index (χ1n) is 6.86. The number of hydrogen-bond acceptors (Lipinski definition) is 3. The van der Waals surface area contributed by atoms with E-state index in [4.69, 9.17) is 11.6 Å². The maximum absolute atomic E-state index is 11.5. The fourth-order valence-electron chi connectivity index (χ4n) is 2.88. The summed E-state index contributed by atoms with van der Waals surface area (Å²) >= 11 is 11.1. The molecule has 1 aromatic rings. The van der Waals surface area contributed by atoms with Crippen molar-refractivity contribution < 1.29 is 9.90 Å². The van der Waals surface area contributed by atoms with E-state index in [0.717, 1.165) is 54.1 Å². The highest BCUT2D eigenvalue weighted by Gasteiger charge is 2.40. The first-order chi connectivity index (χ1) is 9.47. The molecule has 0 atom stereocenters. The minimum atomic E-state index is -0.624. The van der Waals surface area contributed by atoms with Crippen LogP contribution in [0.3, 0.4) is 0 Å². The summed E-state index contributed by atoms with van der Waals surface area (Å²) in [5, 5.41) is 9.50. The van der Waals surface area contributed by atoms with E-state index in [0.29, 0.717) is 0 Å². The van der Waals surface area contributed by atoms with Crippen molar-refractivity contribution in [1.82, 2.24) is 4.90 Å². The van der Waals surface area contributed by atoms with Crippen molar-refractivity contribution in [3.05, 3.63) is 19.8 Å². The summed E-state index contributed by atoms with van der Waals surface area (Å²) in [6, 6.07) is 2.05. The average Bonchev–Trinajstić information content (AvgIpc) is 2.71. The van der Waals surface area contributed by atoms with Crippen molar-refractivity contribution in [3.63, 3.8) is 0 Å². The summed E-state index contributed by atoms with van der Waals surface area (Å²) in [7, 11) is 0. The molecule has 2 rings (SSSR count). The Balaban J connectivity index is 1.95. The Morgan fingerprint density at radius 1 is 1.55 bits per heavy atom. The van der Waals surface area contributed by atoms with Gasteiger partial charge in [0.25, 0.3) is 0 Å². The predicted octanol–water partition coefficient (Wildman–Crippen LogP) is 4.63. The van der Waals surface area contributed by atoms with Gasteiger partial charge in [0.1, 0.15) is 4.34 Å². The SMILES string of the molecule is CCCC1(C(=O)O)CCN(Cc2cc(Br)c(Cl)s2)CC1. The molecule has 1 aromatic heterocycles. The number of halogens is 2. The molecule has 6 heteroatoms. The molecule has 0 radical (unpaired) electrons. The third kappa shape index (κ3) is 3.56. The predicted molar refractivity (Wildman–Crippen MR) is 86.5 cm³/mol. The van der Waals surface area contributed by atoms with Crippen LogP contribution < -0.4 is 0 Å². The molecular weight excluding hydrogens is 362 g/mol. The van der Waals surface area contributed by atoms with E-state index in [9.17, 15) is 9.90 Å². The highest BCUT2D eigenvalue weighted by Crippen LogP contribution is 2.38. The van der Waals surface area contributed by atoms with Gasteiger partial charge in [-0.15, -0.1) is 11.3 Å². The second kappa shape index (κ2) is 6.77. The second-order valence-corrected chi connectivity index (χ2v) is 8.04. The molecule has 1 aliphatic heterocycles. The fraction of sp³-hybridized carbons (Fsp3) is 0.643. The molecule has 112 valence electrons. The van der Waals surface area contributed by atoms with Crippen LogP contribution in [-0.4, -0.2) is 29.1 Å². The lowest BCUT2D eigenvalue weighted by Crippen LogP contribution is -2.43. The molecule has 0 spiro atoms.